The molecule has 2 aliphatic heterocycles. The van der Waals surface area contributed by atoms with Crippen LogP contribution in [-0.4, -0.2) is 101 Å². The molecule has 4 rings (SSSR count). The van der Waals surface area contributed by atoms with Crippen LogP contribution in [0.25, 0.3) is 0 Å². The molecule has 1 aliphatic carbocycles. The first-order valence-corrected chi connectivity index (χ1v) is 14.6. The SMILES string of the molecule is CC(C)(C)OC(=O)N1CCN(C(=O)[C@H]2CC[C@@H](Nc3cc(OCCN4CCCCC4)ncc3[N+](=O)[O-])CC2)CC1. The number of hydrogen-bond donors (Lipinski definition) is 1. The highest BCUT2D eigenvalue weighted by atomic mass is 16.6. The monoisotopic (exact) mass is 560 g/mol. The number of rotatable bonds is 8. The minimum absolute atomic E-state index is 0.0235. The molecule has 3 aliphatic rings. The van der Waals surface area contributed by atoms with E-state index in [4.69, 9.17) is 9.47 Å². The second-order valence-corrected chi connectivity index (χ2v) is 12.0. The van der Waals surface area contributed by atoms with Crippen molar-refractivity contribution >= 4 is 23.4 Å². The average Bonchev–Trinajstić information content (AvgIpc) is 2.93. The molecule has 0 aromatic carbocycles. The molecule has 222 valence electrons. The lowest BCUT2D eigenvalue weighted by Gasteiger charge is -2.38. The standard InChI is InChI=1S/C28H44N6O6/c1-28(2,3)40-27(36)33-15-13-32(14-16-33)26(35)21-7-9-22(10-8-21)30-23-19-25(29-20-24(23)34(37)38)39-18-17-31-11-5-4-6-12-31/h19-22H,4-18H2,1-3H3,(H,29,30)/t21-,22+. The van der Waals surface area contributed by atoms with E-state index in [2.05, 4.69) is 15.2 Å². The Bertz CT molecular complexity index is 1020. The molecule has 1 saturated carbocycles. The molecule has 0 bridgehead atoms. The van der Waals surface area contributed by atoms with Crippen LogP contribution in [0, 0.1) is 16.0 Å². The summed E-state index contributed by atoms with van der Waals surface area (Å²) in [6.45, 7) is 10.9. The number of piperidine rings is 1. The number of carbonyl (C=O) groups excluding carboxylic acids is 2. The number of piperazine rings is 1. The normalized spacial score (nSPS) is 22.5. The Hall–Kier alpha value is -3.15. The average molecular weight is 561 g/mol. The van der Waals surface area contributed by atoms with Crippen LogP contribution in [-0.2, 0) is 9.53 Å². The number of carbonyl (C=O) groups is 2. The van der Waals surface area contributed by atoms with Crippen molar-refractivity contribution < 1.29 is 24.0 Å². The van der Waals surface area contributed by atoms with Crippen LogP contribution in [0.4, 0.5) is 16.2 Å². The van der Waals surface area contributed by atoms with Crippen LogP contribution in [0.15, 0.2) is 12.3 Å². The minimum atomic E-state index is -0.547. The lowest BCUT2D eigenvalue weighted by Crippen LogP contribution is -2.53. The van der Waals surface area contributed by atoms with E-state index in [1.54, 1.807) is 11.0 Å². The topological polar surface area (TPSA) is 130 Å². The van der Waals surface area contributed by atoms with Gasteiger partial charge in [0.15, 0.2) is 0 Å². The van der Waals surface area contributed by atoms with Gasteiger partial charge in [0.05, 0.1) is 4.92 Å². The quantitative estimate of drug-likeness (QED) is 0.371. The van der Waals surface area contributed by atoms with Gasteiger partial charge in [-0.1, -0.05) is 6.42 Å². The molecule has 1 N–H and O–H groups in total. The zero-order valence-electron chi connectivity index (χ0n) is 24.1. The molecule has 3 heterocycles. The lowest BCUT2D eigenvalue weighted by molar-refractivity contribution is -0.384. The van der Waals surface area contributed by atoms with Crippen LogP contribution >= 0.6 is 0 Å². The Kier molecular flexibility index (Phi) is 10.0. The van der Waals surface area contributed by atoms with Gasteiger partial charge in [-0.05, 0) is 72.4 Å². The first kappa shape index (κ1) is 29.8. The van der Waals surface area contributed by atoms with E-state index in [1.165, 1.54) is 25.5 Å². The second kappa shape index (κ2) is 13.5. The van der Waals surface area contributed by atoms with Crippen molar-refractivity contribution in [1.82, 2.24) is 19.7 Å². The number of nitrogens with one attached hydrogen (secondary N) is 1. The number of aromatic nitrogens is 1. The summed E-state index contributed by atoms with van der Waals surface area (Å²) < 4.78 is 11.3. The van der Waals surface area contributed by atoms with E-state index >= 15 is 0 Å². The molecule has 12 nitrogen and oxygen atoms in total. The van der Waals surface area contributed by atoms with Crippen molar-refractivity contribution in [2.75, 3.05) is 57.7 Å². The van der Waals surface area contributed by atoms with Gasteiger partial charge >= 0.3 is 11.8 Å². The fourth-order valence-corrected chi connectivity index (χ4v) is 5.63. The van der Waals surface area contributed by atoms with Crippen LogP contribution in [0.1, 0.15) is 65.7 Å². The van der Waals surface area contributed by atoms with Gasteiger partial charge in [0.1, 0.15) is 24.1 Å². The molecule has 0 spiro atoms. The molecule has 1 aromatic rings. The zero-order chi connectivity index (χ0) is 28.7. The third kappa shape index (κ3) is 8.42. The fraction of sp³-hybridized carbons (Fsp3) is 0.750. The molecule has 1 aromatic heterocycles. The van der Waals surface area contributed by atoms with Gasteiger partial charge in [0.2, 0.25) is 11.8 Å². The Labute approximate surface area is 236 Å². The van der Waals surface area contributed by atoms with Crippen molar-refractivity contribution in [3.8, 4) is 5.88 Å². The number of nitrogens with zero attached hydrogens (tertiary/aromatic N) is 5. The van der Waals surface area contributed by atoms with Crippen LogP contribution in [0.5, 0.6) is 5.88 Å². The van der Waals surface area contributed by atoms with Crippen molar-refractivity contribution in [1.29, 1.82) is 0 Å². The maximum absolute atomic E-state index is 13.2. The van der Waals surface area contributed by atoms with Gasteiger partial charge in [0.25, 0.3) is 0 Å². The number of anilines is 1. The maximum Gasteiger partial charge on any atom is 0.410 e. The third-order valence-electron chi connectivity index (χ3n) is 7.84. The number of nitro groups is 1. The Morgan fingerprint density at radius 3 is 2.30 bits per heavy atom. The Morgan fingerprint density at radius 2 is 1.68 bits per heavy atom. The van der Waals surface area contributed by atoms with Crippen molar-refractivity contribution in [3.05, 3.63) is 22.4 Å². The van der Waals surface area contributed by atoms with Crippen molar-refractivity contribution in [3.63, 3.8) is 0 Å². The predicted molar refractivity (Wildman–Crippen MR) is 150 cm³/mol. The Balaban J connectivity index is 1.24. The van der Waals surface area contributed by atoms with E-state index in [0.717, 1.165) is 32.5 Å². The van der Waals surface area contributed by atoms with Gasteiger partial charge < -0.3 is 24.6 Å². The van der Waals surface area contributed by atoms with Gasteiger partial charge in [-0.25, -0.2) is 9.78 Å². The third-order valence-corrected chi connectivity index (χ3v) is 7.84. The summed E-state index contributed by atoms with van der Waals surface area (Å²) in [5, 5.41) is 15.0. The van der Waals surface area contributed by atoms with Gasteiger partial charge in [-0.15, -0.1) is 0 Å². The number of ether oxygens (including phenoxy) is 2. The molecule has 2 amide bonds. The molecule has 12 heteroatoms. The Morgan fingerprint density at radius 1 is 1.02 bits per heavy atom. The lowest BCUT2D eigenvalue weighted by atomic mass is 9.85. The van der Waals surface area contributed by atoms with Gasteiger partial charge in [-0.2, -0.15) is 0 Å². The van der Waals surface area contributed by atoms with Gasteiger partial charge in [-0.3, -0.25) is 19.8 Å². The van der Waals surface area contributed by atoms with Crippen LogP contribution in [0.3, 0.4) is 0 Å². The van der Waals surface area contributed by atoms with E-state index in [-0.39, 0.29) is 29.6 Å². The predicted octanol–water partition coefficient (Wildman–Crippen LogP) is 3.90. The molecule has 40 heavy (non-hydrogen) atoms. The summed E-state index contributed by atoms with van der Waals surface area (Å²) in [7, 11) is 0. The van der Waals surface area contributed by atoms with E-state index in [0.29, 0.717) is 57.2 Å². The van der Waals surface area contributed by atoms with Crippen molar-refractivity contribution in [2.45, 2.75) is 77.4 Å². The highest BCUT2D eigenvalue weighted by Gasteiger charge is 2.33. The number of hydrogen-bond acceptors (Lipinski definition) is 9. The summed E-state index contributed by atoms with van der Waals surface area (Å²) in [6.07, 6.45) is 7.50. The highest BCUT2D eigenvalue weighted by Crippen LogP contribution is 2.33. The number of pyridine rings is 1. The summed E-state index contributed by atoms with van der Waals surface area (Å²) in [5.41, 5.74) is -0.222. The molecule has 0 unspecified atom stereocenters. The second-order valence-electron chi connectivity index (χ2n) is 12.0. The molecule has 0 atom stereocenters. The molecular formula is C28H44N6O6. The first-order chi connectivity index (χ1) is 19.1. The summed E-state index contributed by atoms with van der Waals surface area (Å²) in [6, 6.07) is 1.64. The summed E-state index contributed by atoms with van der Waals surface area (Å²) >= 11 is 0. The highest BCUT2D eigenvalue weighted by molar-refractivity contribution is 5.79. The zero-order valence-corrected chi connectivity index (χ0v) is 24.1. The summed E-state index contributed by atoms with van der Waals surface area (Å²) in [4.78, 5) is 46.7. The number of amides is 2. The molecule has 0 radical (unpaired) electrons. The van der Waals surface area contributed by atoms with E-state index in [1.807, 2.05) is 25.7 Å². The van der Waals surface area contributed by atoms with E-state index in [9.17, 15) is 19.7 Å². The molecule has 2 saturated heterocycles. The fourth-order valence-electron chi connectivity index (χ4n) is 5.63. The van der Waals surface area contributed by atoms with Gasteiger partial charge in [0, 0.05) is 50.7 Å². The maximum atomic E-state index is 13.2. The van der Waals surface area contributed by atoms with Crippen molar-refractivity contribution in [2.24, 2.45) is 5.92 Å². The largest absolute Gasteiger partial charge is 0.476 e. The summed E-state index contributed by atoms with van der Waals surface area (Å²) in [5.74, 6) is 0.424. The van der Waals surface area contributed by atoms with Crippen LogP contribution in [0.2, 0.25) is 0 Å². The molecule has 3 fully saturated rings. The number of likely N-dealkylation sites (tertiary alicyclic amines) is 1. The first-order valence-electron chi connectivity index (χ1n) is 14.6. The smallest absolute Gasteiger partial charge is 0.410 e. The molecular weight excluding hydrogens is 516 g/mol. The minimum Gasteiger partial charge on any atom is -0.476 e. The van der Waals surface area contributed by atoms with Crippen LogP contribution < -0.4 is 10.1 Å². The van der Waals surface area contributed by atoms with E-state index < -0.39 is 10.5 Å².